The highest BCUT2D eigenvalue weighted by atomic mass is 32.2. The second-order valence-electron chi connectivity index (χ2n) is 3.29. The van der Waals surface area contributed by atoms with E-state index in [1.54, 1.807) is 30.3 Å². The van der Waals surface area contributed by atoms with Gasteiger partial charge >= 0.3 is 0 Å². The summed E-state index contributed by atoms with van der Waals surface area (Å²) in [5.41, 5.74) is 6.18. The van der Waals surface area contributed by atoms with Crippen LogP contribution in [0.4, 0.5) is 5.69 Å². The van der Waals surface area contributed by atoms with Crippen LogP contribution in [0.2, 0.25) is 0 Å². The van der Waals surface area contributed by atoms with Crippen LogP contribution in [-0.2, 0) is 4.79 Å². The molecule has 90 valence electrons. The third-order valence-corrected chi connectivity index (χ3v) is 2.86. The lowest BCUT2D eigenvalue weighted by atomic mass is 10.2. The van der Waals surface area contributed by atoms with Crippen molar-refractivity contribution in [1.29, 1.82) is 0 Å². The molecule has 0 aliphatic heterocycles. The number of rotatable bonds is 6. The topological polar surface area (TPSA) is 72.2 Å². The third-order valence-electron chi connectivity index (χ3n) is 1.92. The second kappa shape index (κ2) is 6.75. The monoisotopic (exact) mass is 250 g/mol. The average molecular weight is 250 g/mol. The van der Waals surface area contributed by atoms with Crippen molar-refractivity contribution in [3.05, 3.63) is 42.5 Å². The van der Waals surface area contributed by atoms with Crippen molar-refractivity contribution in [3.8, 4) is 0 Å². The van der Waals surface area contributed by atoms with Gasteiger partial charge in [-0.2, -0.15) is 0 Å². The molecule has 4 nitrogen and oxygen atoms in total. The van der Waals surface area contributed by atoms with Crippen LogP contribution in [0.25, 0.3) is 0 Å². The lowest BCUT2D eigenvalue weighted by Crippen LogP contribution is -2.15. The molecule has 0 saturated heterocycles. The molecule has 1 aromatic carbocycles. The second-order valence-corrected chi connectivity index (χ2v) is 4.32. The minimum absolute atomic E-state index is 0.0799. The van der Waals surface area contributed by atoms with E-state index in [0.29, 0.717) is 17.0 Å². The zero-order chi connectivity index (χ0) is 12.7. The Morgan fingerprint density at radius 1 is 1.35 bits per heavy atom. The van der Waals surface area contributed by atoms with Crippen LogP contribution in [0.1, 0.15) is 10.4 Å². The fourth-order valence-corrected chi connectivity index (χ4v) is 1.69. The Morgan fingerprint density at radius 3 is 2.53 bits per heavy atom. The van der Waals surface area contributed by atoms with Crippen molar-refractivity contribution >= 4 is 29.3 Å². The first-order chi connectivity index (χ1) is 8.13. The summed E-state index contributed by atoms with van der Waals surface area (Å²) in [4.78, 5) is 22.3. The molecule has 0 heterocycles. The zero-order valence-electron chi connectivity index (χ0n) is 9.31. The predicted molar refractivity (Wildman–Crippen MR) is 71.1 cm³/mol. The molecule has 0 fully saturated rings. The maximum Gasteiger partial charge on any atom is 0.248 e. The summed E-state index contributed by atoms with van der Waals surface area (Å²) in [7, 11) is 0. The fourth-order valence-electron chi connectivity index (χ4n) is 1.15. The Labute approximate surface area is 104 Å². The molecule has 0 aliphatic carbocycles. The van der Waals surface area contributed by atoms with E-state index in [0.717, 1.165) is 5.75 Å². The van der Waals surface area contributed by atoms with E-state index in [1.807, 2.05) is 0 Å². The van der Waals surface area contributed by atoms with E-state index in [9.17, 15) is 9.59 Å². The highest BCUT2D eigenvalue weighted by Crippen LogP contribution is 2.10. The van der Waals surface area contributed by atoms with Gasteiger partial charge in [0.05, 0.1) is 5.75 Å². The molecule has 0 atom stereocenters. The van der Waals surface area contributed by atoms with E-state index in [2.05, 4.69) is 11.9 Å². The molecule has 5 heteroatoms. The van der Waals surface area contributed by atoms with E-state index in [-0.39, 0.29) is 5.91 Å². The number of hydrogen-bond donors (Lipinski definition) is 2. The lowest BCUT2D eigenvalue weighted by molar-refractivity contribution is -0.113. The molecule has 0 aromatic heterocycles. The number of carbonyl (C=O) groups is 2. The quantitative estimate of drug-likeness (QED) is 0.595. The Hall–Kier alpha value is -1.75. The van der Waals surface area contributed by atoms with Gasteiger partial charge in [-0.3, -0.25) is 9.59 Å². The summed E-state index contributed by atoms with van der Waals surface area (Å²) < 4.78 is 0. The van der Waals surface area contributed by atoms with Gasteiger partial charge in [0.15, 0.2) is 0 Å². The third kappa shape index (κ3) is 4.74. The fraction of sp³-hybridized carbons (Fsp3) is 0.167. The van der Waals surface area contributed by atoms with Crippen molar-refractivity contribution in [1.82, 2.24) is 0 Å². The van der Waals surface area contributed by atoms with Gasteiger partial charge in [0.2, 0.25) is 11.8 Å². The van der Waals surface area contributed by atoms with Crippen molar-refractivity contribution in [3.63, 3.8) is 0 Å². The van der Waals surface area contributed by atoms with Gasteiger partial charge in [0, 0.05) is 17.0 Å². The van der Waals surface area contributed by atoms with Gasteiger partial charge in [-0.15, -0.1) is 18.3 Å². The number of amides is 2. The Morgan fingerprint density at radius 2 is 2.00 bits per heavy atom. The Kier molecular flexibility index (Phi) is 5.29. The molecule has 17 heavy (non-hydrogen) atoms. The number of anilines is 1. The number of nitrogens with one attached hydrogen (secondary N) is 1. The van der Waals surface area contributed by atoms with E-state index < -0.39 is 5.91 Å². The average Bonchev–Trinajstić information content (AvgIpc) is 2.30. The SMILES string of the molecule is C=CCSCC(=O)Nc1ccc(C(N)=O)cc1. The highest BCUT2D eigenvalue weighted by Gasteiger charge is 2.03. The van der Waals surface area contributed by atoms with Crippen LogP contribution < -0.4 is 11.1 Å². The summed E-state index contributed by atoms with van der Waals surface area (Å²) in [6, 6.07) is 6.45. The van der Waals surface area contributed by atoms with Gasteiger partial charge < -0.3 is 11.1 Å². The van der Waals surface area contributed by atoms with Crippen molar-refractivity contribution in [2.75, 3.05) is 16.8 Å². The number of nitrogens with two attached hydrogens (primary N) is 1. The molecule has 0 saturated carbocycles. The molecule has 0 aliphatic rings. The molecular formula is C12H14N2O2S. The molecule has 2 amide bonds. The minimum Gasteiger partial charge on any atom is -0.366 e. The number of hydrogen-bond acceptors (Lipinski definition) is 3. The Bertz CT molecular complexity index is 415. The first-order valence-electron chi connectivity index (χ1n) is 5.02. The van der Waals surface area contributed by atoms with Crippen LogP contribution in [-0.4, -0.2) is 23.3 Å². The first kappa shape index (κ1) is 13.3. The van der Waals surface area contributed by atoms with Crippen molar-refractivity contribution < 1.29 is 9.59 Å². The maximum atomic E-state index is 11.4. The molecule has 1 aromatic rings. The number of thioether (sulfide) groups is 1. The highest BCUT2D eigenvalue weighted by molar-refractivity contribution is 8.00. The summed E-state index contributed by atoms with van der Waals surface area (Å²) in [5.74, 6) is 0.561. The van der Waals surface area contributed by atoms with Crippen LogP contribution in [0.3, 0.4) is 0 Å². The lowest BCUT2D eigenvalue weighted by Gasteiger charge is -2.04. The summed E-state index contributed by atoms with van der Waals surface area (Å²) in [6.45, 7) is 3.57. The van der Waals surface area contributed by atoms with Crippen LogP contribution >= 0.6 is 11.8 Å². The van der Waals surface area contributed by atoms with E-state index in [1.165, 1.54) is 11.8 Å². The maximum absolute atomic E-state index is 11.4. The van der Waals surface area contributed by atoms with E-state index in [4.69, 9.17) is 5.73 Å². The van der Waals surface area contributed by atoms with Crippen LogP contribution in [0, 0.1) is 0 Å². The molecule has 0 radical (unpaired) electrons. The van der Waals surface area contributed by atoms with Gasteiger partial charge in [-0.05, 0) is 24.3 Å². The summed E-state index contributed by atoms with van der Waals surface area (Å²) in [6.07, 6.45) is 1.75. The van der Waals surface area contributed by atoms with Gasteiger partial charge in [0.1, 0.15) is 0 Å². The molecule has 1 rings (SSSR count). The van der Waals surface area contributed by atoms with Gasteiger partial charge in [0.25, 0.3) is 0 Å². The zero-order valence-corrected chi connectivity index (χ0v) is 10.1. The normalized spacial score (nSPS) is 9.65. The van der Waals surface area contributed by atoms with Crippen LogP contribution in [0.5, 0.6) is 0 Å². The number of primary amides is 1. The summed E-state index contributed by atoms with van der Waals surface area (Å²) >= 11 is 1.48. The van der Waals surface area contributed by atoms with E-state index >= 15 is 0 Å². The summed E-state index contributed by atoms with van der Waals surface area (Å²) in [5, 5.41) is 2.72. The van der Waals surface area contributed by atoms with Crippen LogP contribution in [0.15, 0.2) is 36.9 Å². The van der Waals surface area contributed by atoms with Gasteiger partial charge in [-0.25, -0.2) is 0 Å². The number of carbonyl (C=O) groups excluding carboxylic acids is 2. The van der Waals surface area contributed by atoms with Crippen molar-refractivity contribution in [2.24, 2.45) is 5.73 Å². The molecule has 0 spiro atoms. The molecule has 0 bridgehead atoms. The standard InChI is InChI=1S/C12H14N2O2S/c1-2-7-17-8-11(15)14-10-5-3-9(4-6-10)12(13)16/h2-6H,1,7-8H2,(H2,13,16)(H,14,15). The molecular weight excluding hydrogens is 236 g/mol. The number of benzene rings is 1. The largest absolute Gasteiger partial charge is 0.366 e. The molecule has 0 unspecified atom stereocenters. The first-order valence-corrected chi connectivity index (χ1v) is 6.17. The molecule has 3 N–H and O–H groups in total. The minimum atomic E-state index is -0.482. The predicted octanol–water partition coefficient (Wildman–Crippen LogP) is 1.64. The Balaban J connectivity index is 2.48. The smallest absolute Gasteiger partial charge is 0.248 e. The van der Waals surface area contributed by atoms with Crippen molar-refractivity contribution in [2.45, 2.75) is 0 Å². The van der Waals surface area contributed by atoms with Gasteiger partial charge in [-0.1, -0.05) is 6.08 Å².